The van der Waals surface area contributed by atoms with Crippen molar-refractivity contribution in [3.63, 3.8) is 0 Å². The third-order valence-electron chi connectivity index (χ3n) is 7.10. The van der Waals surface area contributed by atoms with Crippen LogP contribution in [0.15, 0.2) is 123 Å². The monoisotopic (exact) mass is 676 g/mol. The highest BCUT2D eigenvalue weighted by atomic mass is 35.5. The van der Waals surface area contributed by atoms with Crippen molar-refractivity contribution in [3.8, 4) is 11.5 Å². The van der Waals surface area contributed by atoms with Crippen LogP contribution in [0.2, 0.25) is 5.02 Å². The molecule has 0 spiro atoms. The summed E-state index contributed by atoms with van der Waals surface area (Å²) < 4.78 is 40.6. The number of rotatable bonds is 15. The molecular formula is C34H33ClN4O5S2. The highest BCUT2D eigenvalue weighted by Gasteiger charge is 2.18. The van der Waals surface area contributed by atoms with Gasteiger partial charge in [-0.1, -0.05) is 86.3 Å². The number of hydrogen-bond donors (Lipinski definition) is 2. The van der Waals surface area contributed by atoms with E-state index in [1.807, 2.05) is 48.5 Å². The fourth-order valence-electron chi connectivity index (χ4n) is 4.77. The summed E-state index contributed by atoms with van der Waals surface area (Å²) in [6.07, 6.45) is 5.52. The molecule has 12 heteroatoms. The van der Waals surface area contributed by atoms with Crippen molar-refractivity contribution in [1.82, 2.24) is 0 Å². The Hall–Kier alpha value is -3.97. The first-order chi connectivity index (χ1) is 22.4. The Balaban J connectivity index is 1.46. The van der Waals surface area contributed by atoms with Crippen LogP contribution in [0.1, 0.15) is 38.2 Å². The largest absolute Gasteiger partial charge is 0.455 e. The minimum atomic E-state index is -3.89. The summed E-state index contributed by atoms with van der Waals surface area (Å²) >= 11 is 7.34. The van der Waals surface area contributed by atoms with Crippen LogP contribution < -0.4 is 15.4 Å². The Morgan fingerprint density at radius 2 is 1.65 bits per heavy atom. The second-order valence-corrected chi connectivity index (χ2v) is 13.2. The van der Waals surface area contributed by atoms with Crippen LogP contribution in [0.5, 0.6) is 11.5 Å². The normalized spacial score (nSPS) is 11.7. The Morgan fingerprint density at radius 3 is 2.41 bits per heavy atom. The molecule has 0 saturated carbocycles. The number of azo groups is 1. The second-order valence-electron chi connectivity index (χ2n) is 10.4. The van der Waals surface area contributed by atoms with Crippen LogP contribution in [-0.2, 0) is 25.8 Å². The molecule has 0 heterocycles. The number of sulfonamides is 1. The third kappa shape index (κ3) is 8.64. The fourth-order valence-corrected chi connectivity index (χ4v) is 6.53. The average Bonchev–Trinajstić information content (AvgIpc) is 3.06. The molecule has 5 rings (SSSR count). The van der Waals surface area contributed by atoms with Gasteiger partial charge in [0.15, 0.2) is 5.75 Å². The quantitative estimate of drug-likeness (QED) is 0.0371. The zero-order valence-electron chi connectivity index (χ0n) is 25.1. The molecule has 9 nitrogen and oxygen atoms in total. The number of unbranched alkanes of at least 4 members (excludes halogenated alkanes) is 3. The lowest BCUT2D eigenvalue weighted by Crippen LogP contribution is -2.13. The van der Waals surface area contributed by atoms with Gasteiger partial charge in [-0.05, 0) is 78.4 Å². The first-order valence-electron chi connectivity index (χ1n) is 14.7. The van der Waals surface area contributed by atoms with Crippen molar-refractivity contribution >= 4 is 61.5 Å². The van der Waals surface area contributed by atoms with E-state index in [0.29, 0.717) is 43.9 Å². The van der Waals surface area contributed by atoms with Crippen LogP contribution in [0.25, 0.3) is 10.8 Å². The van der Waals surface area contributed by atoms with Gasteiger partial charge in [0.2, 0.25) is 0 Å². The number of anilines is 1. The molecule has 5 aromatic rings. The molecule has 0 fully saturated rings. The lowest BCUT2D eigenvalue weighted by Gasteiger charge is -2.13. The van der Waals surface area contributed by atoms with E-state index >= 15 is 0 Å². The predicted molar refractivity (Wildman–Crippen MR) is 183 cm³/mol. The number of nitrogens with two attached hydrogens (primary N) is 1. The van der Waals surface area contributed by atoms with Crippen LogP contribution in [0.3, 0.4) is 0 Å². The predicted octanol–water partition coefficient (Wildman–Crippen LogP) is 10.5. The van der Waals surface area contributed by atoms with Gasteiger partial charge in [0.25, 0.3) is 10.0 Å². The molecule has 0 unspecified atom stereocenters. The lowest BCUT2D eigenvalue weighted by molar-refractivity contribution is -0.195. The van der Waals surface area contributed by atoms with Crippen LogP contribution in [-0.4, -0.2) is 8.42 Å². The summed E-state index contributed by atoms with van der Waals surface area (Å²) in [6, 6.07) is 30.2. The first-order valence-corrected chi connectivity index (χ1v) is 17.3. The summed E-state index contributed by atoms with van der Waals surface area (Å²) in [5, 5.41) is 10.5. The maximum absolute atomic E-state index is 13.4. The number of aryl methyl sites for hydroxylation is 1. The van der Waals surface area contributed by atoms with Crippen LogP contribution in [0.4, 0.5) is 17.1 Å². The molecule has 0 atom stereocenters. The molecule has 46 heavy (non-hydrogen) atoms. The van der Waals surface area contributed by atoms with Crippen molar-refractivity contribution in [1.29, 1.82) is 0 Å². The Morgan fingerprint density at radius 1 is 0.870 bits per heavy atom. The molecule has 0 aromatic heterocycles. The Kier molecular flexibility index (Phi) is 11.6. The van der Waals surface area contributed by atoms with Gasteiger partial charge in [-0.3, -0.25) is 4.72 Å². The summed E-state index contributed by atoms with van der Waals surface area (Å²) in [5.74, 6) is 6.11. The molecule has 0 amide bonds. The van der Waals surface area contributed by atoms with Crippen molar-refractivity contribution in [2.75, 3.05) is 4.72 Å². The Labute approximate surface area is 277 Å². The van der Waals surface area contributed by atoms with Gasteiger partial charge in [-0.25, -0.2) is 8.42 Å². The fraction of sp³-hybridized carbons (Fsp3) is 0.176. The molecule has 0 bridgehead atoms. The number of fused-ring (bicyclic) bond motifs is 1. The van der Waals surface area contributed by atoms with Gasteiger partial charge in [-0.2, -0.15) is 5.90 Å². The van der Waals surface area contributed by atoms with E-state index in [4.69, 9.17) is 26.6 Å². The van der Waals surface area contributed by atoms with E-state index < -0.39 is 10.0 Å². The molecule has 238 valence electrons. The molecule has 0 aliphatic rings. The van der Waals surface area contributed by atoms with E-state index in [1.54, 1.807) is 54.6 Å². The highest BCUT2D eigenvalue weighted by molar-refractivity contribution is 7.94. The lowest BCUT2D eigenvalue weighted by atomic mass is 10.1. The SMILES string of the molecule is CCCCCCc1ccc(S(=O)(=O)Nc2cccc3cc(SOON)c(N=Nc4c(Cl)cccc4Oc4ccccc4)cc23)cc1. The van der Waals surface area contributed by atoms with Crippen molar-refractivity contribution in [2.24, 2.45) is 16.1 Å². The van der Waals surface area contributed by atoms with E-state index in [0.717, 1.165) is 42.3 Å². The van der Waals surface area contributed by atoms with E-state index in [1.165, 1.54) is 12.8 Å². The van der Waals surface area contributed by atoms with Gasteiger partial charge >= 0.3 is 0 Å². The number of benzene rings is 5. The van der Waals surface area contributed by atoms with Crippen molar-refractivity contribution < 1.29 is 22.5 Å². The Bertz CT molecular complexity index is 1910. The summed E-state index contributed by atoms with van der Waals surface area (Å²) in [4.78, 5) is 5.00. The number of ether oxygens (including phenoxy) is 1. The van der Waals surface area contributed by atoms with Crippen molar-refractivity contribution in [2.45, 2.75) is 48.8 Å². The average molecular weight is 677 g/mol. The molecule has 0 aliphatic heterocycles. The number of hydrogen-bond acceptors (Lipinski definition) is 9. The van der Waals surface area contributed by atoms with Gasteiger partial charge in [0, 0.05) is 5.39 Å². The molecule has 0 radical (unpaired) electrons. The number of halogens is 1. The topological polar surface area (TPSA) is 125 Å². The second kappa shape index (κ2) is 16.0. The highest BCUT2D eigenvalue weighted by Crippen LogP contribution is 2.42. The number of para-hydroxylation sites is 1. The maximum atomic E-state index is 13.4. The zero-order valence-corrected chi connectivity index (χ0v) is 27.4. The van der Waals surface area contributed by atoms with Gasteiger partial charge < -0.3 is 4.74 Å². The number of nitrogens with one attached hydrogen (secondary N) is 1. The first kappa shape index (κ1) is 33.4. The van der Waals surface area contributed by atoms with Gasteiger partial charge in [0.1, 0.15) is 17.1 Å². The molecule has 3 N–H and O–H groups in total. The smallest absolute Gasteiger partial charge is 0.261 e. The van der Waals surface area contributed by atoms with Crippen LogP contribution >= 0.6 is 23.6 Å². The molecular weight excluding hydrogens is 644 g/mol. The summed E-state index contributed by atoms with van der Waals surface area (Å²) in [5.41, 5.74) is 2.14. The van der Waals surface area contributed by atoms with Gasteiger partial charge in [-0.15, -0.1) is 19.6 Å². The van der Waals surface area contributed by atoms with Crippen molar-refractivity contribution in [3.05, 3.63) is 114 Å². The van der Waals surface area contributed by atoms with Gasteiger partial charge in [0.05, 0.1) is 32.5 Å². The minimum absolute atomic E-state index is 0.173. The summed E-state index contributed by atoms with van der Waals surface area (Å²) in [7, 11) is -3.89. The maximum Gasteiger partial charge on any atom is 0.261 e. The zero-order chi connectivity index (χ0) is 32.4. The molecule has 5 aromatic carbocycles. The van der Waals surface area contributed by atoms with E-state index in [9.17, 15) is 8.42 Å². The van der Waals surface area contributed by atoms with E-state index in [2.05, 4.69) is 26.9 Å². The minimum Gasteiger partial charge on any atom is -0.455 e. The third-order valence-corrected chi connectivity index (χ3v) is 9.44. The van der Waals surface area contributed by atoms with E-state index in [-0.39, 0.29) is 4.90 Å². The molecule has 0 aliphatic carbocycles. The van der Waals surface area contributed by atoms with Crippen LogP contribution in [0, 0.1) is 0 Å². The standard InChI is InChI=1S/C34H33ClN4O5S2/c1-2-3-4-6-11-24-18-20-27(21-19-24)46(40,41)39-30-16-9-12-25-22-33(45-44-43-36)31(23-28(25)30)37-38-34-29(35)15-10-17-32(34)42-26-13-7-5-8-14-26/h5,7-10,12-23,39H,2-4,6,11,36H2,1H3. The number of nitrogens with zero attached hydrogens (tertiary/aromatic N) is 2. The molecule has 0 saturated heterocycles. The summed E-state index contributed by atoms with van der Waals surface area (Å²) in [6.45, 7) is 2.18.